The number of fused-ring (bicyclic) bond motifs is 1. The van der Waals surface area contributed by atoms with E-state index in [4.69, 9.17) is 9.84 Å². The van der Waals surface area contributed by atoms with E-state index in [2.05, 4.69) is 9.97 Å². The molecule has 0 radical (unpaired) electrons. The van der Waals surface area contributed by atoms with Crippen molar-refractivity contribution in [1.29, 1.82) is 0 Å². The monoisotopic (exact) mass is 269 g/mol. The summed E-state index contributed by atoms with van der Waals surface area (Å²) in [6.07, 6.45) is -2.53. The lowest BCUT2D eigenvalue weighted by Crippen LogP contribution is -2.30. The molecule has 3 heterocycles. The summed E-state index contributed by atoms with van der Waals surface area (Å²) >= 11 is 0. The number of nitrogens with one attached hydrogen (secondary N) is 1. The topological polar surface area (TPSA) is 100 Å². The Hall–Kier alpha value is -1.77. The third-order valence-electron chi connectivity index (χ3n) is 3.26. The summed E-state index contributed by atoms with van der Waals surface area (Å²) in [6.45, 7) is -0.481. The van der Waals surface area contributed by atoms with Crippen molar-refractivity contribution in [3.05, 3.63) is 28.9 Å². The zero-order valence-electron chi connectivity index (χ0n) is 9.73. The lowest BCUT2D eigenvalue weighted by molar-refractivity contribution is -0.0457. The number of hydrogen-bond acceptors (Lipinski definition) is 5. The number of alkyl halides is 1. The Kier molecular flexibility index (Phi) is 2.85. The third kappa shape index (κ3) is 1.76. The molecule has 1 fully saturated rings. The molecular weight excluding hydrogens is 257 g/mol. The van der Waals surface area contributed by atoms with E-state index in [0.29, 0.717) is 5.39 Å². The Balaban J connectivity index is 2.06. The molecule has 0 bridgehead atoms. The van der Waals surface area contributed by atoms with Crippen molar-refractivity contribution in [3.63, 3.8) is 0 Å². The zero-order valence-corrected chi connectivity index (χ0v) is 9.73. The van der Waals surface area contributed by atoms with Crippen LogP contribution in [0.5, 0.6) is 0 Å². The summed E-state index contributed by atoms with van der Waals surface area (Å²) in [5, 5.41) is 18.9. The molecule has 2 aromatic rings. The first kappa shape index (κ1) is 12.3. The van der Waals surface area contributed by atoms with Gasteiger partial charge >= 0.3 is 0 Å². The quantitative estimate of drug-likeness (QED) is 0.670. The summed E-state index contributed by atoms with van der Waals surface area (Å²) in [4.78, 5) is 17.9. The fourth-order valence-electron chi connectivity index (χ4n) is 2.27. The van der Waals surface area contributed by atoms with Gasteiger partial charge in [-0.15, -0.1) is 0 Å². The van der Waals surface area contributed by atoms with Crippen molar-refractivity contribution in [2.75, 3.05) is 6.61 Å². The molecule has 0 amide bonds. The molecule has 4 atom stereocenters. The van der Waals surface area contributed by atoms with Gasteiger partial charge in [0.25, 0.3) is 5.56 Å². The number of halogens is 1. The number of aliphatic hydroxyl groups is 2. The molecule has 0 saturated carbocycles. The minimum Gasteiger partial charge on any atom is -0.394 e. The predicted octanol–water partition coefficient (Wildman–Crippen LogP) is -0.687. The highest BCUT2D eigenvalue weighted by atomic mass is 19.1. The Labute approximate surface area is 106 Å². The van der Waals surface area contributed by atoms with E-state index in [-0.39, 0.29) is 11.2 Å². The second kappa shape index (κ2) is 4.41. The Morgan fingerprint density at radius 3 is 3.05 bits per heavy atom. The van der Waals surface area contributed by atoms with Crippen LogP contribution in [0.1, 0.15) is 6.23 Å². The smallest absolute Gasteiger partial charge is 0.260 e. The van der Waals surface area contributed by atoms with Crippen LogP contribution in [0.15, 0.2) is 23.4 Å². The number of aliphatic hydroxyl groups excluding tert-OH is 2. The van der Waals surface area contributed by atoms with Gasteiger partial charge in [0.05, 0.1) is 18.3 Å². The SMILES string of the molecule is O=c1[nH]cnc2c1ccn2[C@@H]1O[C@H](CO)[C@@H](O)[C@@H]1F. The number of ether oxygens (including phenoxy) is 1. The van der Waals surface area contributed by atoms with E-state index in [0.717, 1.165) is 0 Å². The molecule has 1 saturated heterocycles. The molecule has 3 rings (SSSR count). The Bertz CT molecular complexity index is 655. The largest absolute Gasteiger partial charge is 0.394 e. The maximum atomic E-state index is 14.0. The van der Waals surface area contributed by atoms with Crippen LogP contribution in [-0.4, -0.2) is 49.7 Å². The van der Waals surface area contributed by atoms with Crippen LogP contribution in [0, 0.1) is 0 Å². The summed E-state index contributed by atoms with van der Waals surface area (Å²) in [6, 6.07) is 1.50. The van der Waals surface area contributed by atoms with Crippen LogP contribution in [-0.2, 0) is 4.74 Å². The zero-order chi connectivity index (χ0) is 13.6. The van der Waals surface area contributed by atoms with Gasteiger partial charge in [0, 0.05) is 6.20 Å². The van der Waals surface area contributed by atoms with E-state index in [1.165, 1.54) is 23.2 Å². The normalized spacial score (nSPS) is 31.1. The second-order valence-electron chi connectivity index (χ2n) is 4.37. The second-order valence-corrected chi connectivity index (χ2v) is 4.37. The van der Waals surface area contributed by atoms with Gasteiger partial charge in [-0.2, -0.15) is 0 Å². The molecule has 0 aromatic carbocycles. The van der Waals surface area contributed by atoms with E-state index in [9.17, 15) is 14.3 Å². The number of rotatable bonds is 2. The first-order chi connectivity index (χ1) is 9.13. The molecule has 19 heavy (non-hydrogen) atoms. The molecule has 8 heteroatoms. The maximum absolute atomic E-state index is 14.0. The van der Waals surface area contributed by atoms with Crippen molar-refractivity contribution < 1.29 is 19.3 Å². The van der Waals surface area contributed by atoms with Gasteiger partial charge < -0.3 is 24.5 Å². The van der Waals surface area contributed by atoms with E-state index in [1.807, 2.05) is 0 Å². The first-order valence-electron chi connectivity index (χ1n) is 5.76. The van der Waals surface area contributed by atoms with Crippen LogP contribution >= 0.6 is 0 Å². The molecule has 2 aromatic heterocycles. The van der Waals surface area contributed by atoms with Crippen molar-refractivity contribution in [2.45, 2.75) is 24.6 Å². The molecule has 102 valence electrons. The fraction of sp³-hybridized carbons (Fsp3) is 0.455. The molecule has 7 nitrogen and oxygen atoms in total. The Morgan fingerprint density at radius 2 is 2.37 bits per heavy atom. The number of nitrogens with zero attached hydrogens (tertiary/aromatic N) is 2. The van der Waals surface area contributed by atoms with Gasteiger partial charge in [-0.3, -0.25) is 4.79 Å². The number of H-pyrrole nitrogens is 1. The van der Waals surface area contributed by atoms with Gasteiger partial charge in [-0.05, 0) is 6.07 Å². The molecule has 0 aliphatic carbocycles. The average Bonchev–Trinajstić information content (AvgIpc) is 2.94. The van der Waals surface area contributed by atoms with E-state index in [1.54, 1.807) is 0 Å². The molecule has 0 spiro atoms. The molecular formula is C11H12FN3O4. The summed E-state index contributed by atoms with van der Waals surface area (Å²) in [5.41, 5.74) is -0.0707. The third-order valence-corrected chi connectivity index (χ3v) is 3.26. The summed E-state index contributed by atoms with van der Waals surface area (Å²) < 4.78 is 20.6. The average molecular weight is 269 g/mol. The van der Waals surface area contributed by atoms with E-state index >= 15 is 0 Å². The van der Waals surface area contributed by atoms with Gasteiger partial charge in [0.2, 0.25) is 0 Å². The van der Waals surface area contributed by atoms with Crippen molar-refractivity contribution in [2.24, 2.45) is 0 Å². The van der Waals surface area contributed by atoms with Crippen molar-refractivity contribution >= 4 is 11.0 Å². The molecule has 1 aliphatic rings. The highest BCUT2D eigenvalue weighted by molar-refractivity contribution is 5.74. The van der Waals surface area contributed by atoms with Crippen LogP contribution in [0.25, 0.3) is 11.0 Å². The van der Waals surface area contributed by atoms with Crippen molar-refractivity contribution in [3.8, 4) is 0 Å². The maximum Gasteiger partial charge on any atom is 0.260 e. The molecule has 3 N–H and O–H groups in total. The van der Waals surface area contributed by atoms with Crippen LogP contribution in [0.2, 0.25) is 0 Å². The van der Waals surface area contributed by atoms with Gasteiger partial charge in [0.1, 0.15) is 17.9 Å². The van der Waals surface area contributed by atoms with E-state index < -0.39 is 31.2 Å². The summed E-state index contributed by atoms with van der Waals surface area (Å²) in [5.74, 6) is 0. The highest BCUT2D eigenvalue weighted by Crippen LogP contribution is 2.33. The van der Waals surface area contributed by atoms with Gasteiger partial charge in [-0.1, -0.05) is 0 Å². The minimum absolute atomic E-state index is 0.266. The molecule has 1 aliphatic heterocycles. The number of aromatic nitrogens is 3. The fourth-order valence-corrected chi connectivity index (χ4v) is 2.27. The highest BCUT2D eigenvalue weighted by Gasteiger charge is 2.45. The summed E-state index contributed by atoms with van der Waals surface area (Å²) in [7, 11) is 0. The lowest BCUT2D eigenvalue weighted by Gasteiger charge is -2.15. The molecule has 0 unspecified atom stereocenters. The number of aromatic amines is 1. The van der Waals surface area contributed by atoms with Gasteiger partial charge in [-0.25, -0.2) is 9.37 Å². The minimum atomic E-state index is -1.70. The van der Waals surface area contributed by atoms with Crippen LogP contribution < -0.4 is 5.56 Å². The van der Waals surface area contributed by atoms with Crippen LogP contribution in [0.4, 0.5) is 4.39 Å². The van der Waals surface area contributed by atoms with Gasteiger partial charge in [0.15, 0.2) is 12.4 Å². The van der Waals surface area contributed by atoms with Crippen molar-refractivity contribution in [1.82, 2.24) is 14.5 Å². The van der Waals surface area contributed by atoms with Crippen LogP contribution in [0.3, 0.4) is 0 Å². The Morgan fingerprint density at radius 1 is 1.58 bits per heavy atom. The standard InChI is InChI=1S/C11H12FN3O4/c12-7-8(17)6(3-16)19-11(7)15-2-1-5-9(15)13-4-14-10(5)18/h1-2,4,6-8,11,16-17H,3H2,(H,13,14,18)/t6-,7+,8-,11-/m1/s1. The number of hydrogen-bond donors (Lipinski definition) is 3. The predicted molar refractivity (Wildman–Crippen MR) is 62.3 cm³/mol. The lowest BCUT2D eigenvalue weighted by atomic mass is 10.1. The first-order valence-corrected chi connectivity index (χ1v) is 5.76.